The Bertz CT molecular complexity index is 1480. The average Bonchev–Trinajstić information content (AvgIpc) is 3.44. The maximum atomic E-state index is 13.2. The third-order valence-corrected chi connectivity index (χ3v) is 7.41. The first-order valence-electron chi connectivity index (χ1n) is 10.0. The summed E-state index contributed by atoms with van der Waals surface area (Å²) in [6.07, 6.45) is 0.466. The van der Waals surface area contributed by atoms with Crippen molar-refractivity contribution in [2.24, 2.45) is 7.05 Å². The van der Waals surface area contributed by atoms with E-state index in [0.717, 1.165) is 5.69 Å². The van der Waals surface area contributed by atoms with Crippen LogP contribution in [0.4, 0.5) is 4.39 Å². The van der Waals surface area contributed by atoms with Crippen molar-refractivity contribution < 1.29 is 17.2 Å². The van der Waals surface area contributed by atoms with Crippen LogP contribution in [0.15, 0.2) is 57.8 Å². The summed E-state index contributed by atoms with van der Waals surface area (Å²) < 4.78 is 48.5. The standard InChI is InChI=1S/C22H17FN6O3S/c1-28-19-10-11-29(33(30,31)17-8-2-14(12-24)3-9-17)13-18(19)20(27-28)22-26-25-21(32-22)15-4-6-16(23)7-5-15/h2-9H,10-11,13H2,1H3. The zero-order valence-electron chi connectivity index (χ0n) is 17.4. The minimum absolute atomic E-state index is 0.0924. The zero-order chi connectivity index (χ0) is 23.2. The van der Waals surface area contributed by atoms with Crippen molar-refractivity contribution >= 4 is 10.0 Å². The first-order valence-corrected chi connectivity index (χ1v) is 11.5. The van der Waals surface area contributed by atoms with Crippen molar-refractivity contribution in [3.63, 3.8) is 0 Å². The molecule has 0 bridgehead atoms. The van der Waals surface area contributed by atoms with E-state index in [9.17, 15) is 12.8 Å². The summed E-state index contributed by atoms with van der Waals surface area (Å²) in [6.45, 7) is 0.383. The topological polar surface area (TPSA) is 118 Å². The van der Waals surface area contributed by atoms with Gasteiger partial charge in [0.05, 0.1) is 16.5 Å². The maximum Gasteiger partial charge on any atom is 0.268 e. The van der Waals surface area contributed by atoms with Crippen molar-refractivity contribution in [2.45, 2.75) is 17.9 Å². The molecule has 0 radical (unpaired) electrons. The largest absolute Gasteiger partial charge is 0.415 e. The van der Waals surface area contributed by atoms with Gasteiger partial charge in [-0.2, -0.15) is 14.7 Å². The van der Waals surface area contributed by atoms with E-state index < -0.39 is 10.0 Å². The number of nitrogens with zero attached hydrogens (tertiary/aromatic N) is 6. The van der Waals surface area contributed by atoms with Crippen LogP contribution < -0.4 is 0 Å². The van der Waals surface area contributed by atoms with Gasteiger partial charge < -0.3 is 4.42 Å². The number of aromatic nitrogens is 4. The number of nitriles is 1. The highest BCUT2D eigenvalue weighted by atomic mass is 32.2. The Morgan fingerprint density at radius 1 is 1.06 bits per heavy atom. The molecule has 1 aliphatic rings. The Morgan fingerprint density at radius 2 is 1.76 bits per heavy atom. The molecule has 0 saturated heterocycles. The molecule has 2 aromatic heterocycles. The molecule has 0 N–H and O–H groups in total. The molecule has 5 rings (SSSR count). The van der Waals surface area contributed by atoms with E-state index in [1.807, 2.05) is 6.07 Å². The van der Waals surface area contributed by atoms with Gasteiger partial charge in [0, 0.05) is 43.4 Å². The summed E-state index contributed by atoms with van der Waals surface area (Å²) in [5.41, 5.74) is 2.93. The summed E-state index contributed by atoms with van der Waals surface area (Å²) in [5, 5.41) is 21.6. The van der Waals surface area contributed by atoms with Gasteiger partial charge in [-0.1, -0.05) is 0 Å². The smallest absolute Gasteiger partial charge is 0.268 e. The van der Waals surface area contributed by atoms with Gasteiger partial charge in [0.1, 0.15) is 5.82 Å². The summed E-state index contributed by atoms with van der Waals surface area (Å²) in [6, 6.07) is 13.5. The fourth-order valence-electron chi connectivity index (χ4n) is 3.82. The van der Waals surface area contributed by atoms with Crippen molar-refractivity contribution in [1.29, 1.82) is 5.26 Å². The quantitative estimate of drug-likeness (QED) is 0.456. The fraction of sp³-hybridized carbons (Fsp3) is 0.182. The summed E-state index contributed by atoms with van der Waals surface area (Å²) in [7, 11) is -1.99. The Kier molecular flexibility index (Phi) is 5.03. The lowest BCUT2D eigenvalue weighted by molar-refractivity contribution is 0.386. The van der Waals surface area contributed by atoms with E-state index >= 15 is 0 Å². The van der Waals surface area contributed by atoms with Crippen LogP contribution in [-0.2, 0) is 30.0 Å². The highest BCUT2D eigenvalue weighted by Crippen LogP contribution is 2.32. The molecule has 4 aromatic rings. The monoisotopic (exact) mass is 464 g/mol. The molecule has 11 heteroatoms. The van der Waals surface area contributed by atoms with E-state index in [0.29, 0.717) is 35.3 Å². The van der Waals surface area contributed by atoms with E-state index in [4.69, 9.17) is 9.68 Å². The van der Waals surface area contributed by atoms with Gasteiger partial charge in [0.15, 0.2) is 5.69 Å². The summed E-state index contributed by atoms with van der Waals surface area (Å²) >= 11 is 0. The van der Waals surface area contributed by atoms with Crippen LogP contribution in [0.25, 0.3) is 23.0 Å². The molecule has 33 heavy (non-hydrogen) atoms. The predicted molar refractivity (Wildman–Crippen MR) is 114 cm³/mol. The Hall–Kier alpha value is -3.88. The lowest BCUT2D eigenvalue weighted by atomic mass is 10.1. The molecule has 0 spiro atoms. The predicted octanol–water partition coefficient (Wildman–Crippen LogP) is 2.89. The van der Waals surface area contributed by atoms with Gasteiger partial charge in [-0.15, -0.1) is 10.2 Å². The first kappa shape index (κ1) is 21.0. The average molecular weight is 464 g/mol. The third kappa shape index (κ3) is 3.69. The SMILES string of the molecule is Cn1nc(-c2nnc(-c3ccc(F)cc3)o2)c2c1CCN(S(=O)(=O)c1ccc(C#N)cc1)C2. The number of fused-ring (bicyclic) bond motifs is 1. The Morgan fingerprint density at radius 3 is 2.45 bits per heavy atom. The number of rotatable bonds is 4. The minimum atomic E-state index is -3.78. The molecule has 0 unspecified atom stereocenters. The van der Waals surface area contributed by atoms with Gasteiger partial charge in [-0.05, 0) is 48.5 Å². The number of sulfonamides is 1. The molecule has 9 nitrogen and oxygen atoms in total. The molecule has 166 valence electrons. The summed E-state index contributed by atoms with van der Waals surface area (Å²) in [5.74, 6) is -0.00748. The van der Waals surface area contributed by atoms with Crippen molar-refractivity contribution in [3.05, 3.63) is 71.2 Å². The van der Waals surface area contributed by atoms with Gasteiger partial charge in [0.25, 0.3) is 5.89 Å². The molecular weight excluding hydrogens is 447 g/mol. The lowest BCUT2D eigenvalue weighted by Gasteiger charge is -2.26. The van der Waals surface area contributed by atoms with Gasteiger partial charge in [-0.25, -0.2) is 12.8 Å². The third-order valence-electron chi connectivity index (χ3n) is 5.55. The van der Waals surface area contributed by atoms with E-state index in [2.05, 4.69) is 15.3 Å². The highest BCUT2D eigenvalue weighted by Gasteiger charge is 2.33. The summed E-state index contributed by atoms with van der Waals surface area (Å²) in [4.78, 5) is 0.117. The van der Waals surface area contributed by atoms with Crippen LogP contribution in [0.1, 0.15) is 16.8 Å². The van der Waals surface area contributed by atoms with Gasteiger partial charge in [-0.3, -0.25) is 4.68 Å². The Balaban J connectivity index is 1.48. The number of halogens is 1. The van der Waals surface area contributed by atoms with Crippen LogP contribution in [0, 0.1) is 17.1 Å². The normalized spacial score (nSPS) is 14.1. The van der Waals surface area contributed by atoms with Gasteiger partial charge in [0.2, 0.25) is 15.9 Å². The van der Waals surface area contributed by atoms with Crippen LogP contribution in [0.2, 0.25) is 0 Å². The molecule has 2 aromatic carbocycles. The van der Waals surface area contributed by atoms with Crippen LogP contribution in [0.5, 0.6) is 0 Å². The van der Waals surface area contributed by atoms with Crippen molar-refractivity contribution in [3.8, 4) is 29.1 Å². The fourth-order valence-corrected chi connectivity index (χ4v) is 5.23. The highest BCUT2D eigenvalue weighted by molar-refractivity contribution is 7.89. The van der Waals surface area contributed by atoms with Crippen molar-refractivity contribution in [2.75, 3.05) is 6.54 Å². The van der Waals surface area contributed by atoms with E-state index in [-0.39, 0.29) is 29.0 Å². The van der Waals surface area contributed by atoms with Gasteiger partial charge >= 0.3 is 0 Å². The number of aryl methyl sites for hydroxylation is 1. The van der Waals surface area contributed by atoms with Crippen LogP contribution in [0.3, 0.4) is 0 Å². The zero-order valence-corrected chi connectivity index (χ0v) is 18.3. The molecule has 1 aliphatic heterocycles. The molecular formula is C22H17FN6O3S. The lowest BCUT2D eigenvalue weighted by Crippen LogP contribution is -2.36. The second kappa shape index (κ2) is 7.91. The molecule has 3 heterocycles. The number of benzene rings is 2. The number of hydrogen-bond donors (Lipinski definition) is 0. The van der Waals surface area contributed by atoms with Crippen LogP contribution in [-0.4, -0.2) is 39.2 Å². The van der Waals surface area contributed by atoms with E-state index in [1.165, 1.54) is 52.8 Å². The molecule has 0 fully saturated rings. The second-order valence-electron chi connectivity index (χ2n) is 7.54. The van der Waals surface area contributed by atoms with Crippen LogP contribution >= 0.6 is 0 Å². The molecule has 0 aliphatic carbocycles. The van der Waals surface area contributed by atoms with Crippen molar-refractivity contribution in [1.82, 2.24) is 24.3 Å². The molecule has 0 saturated carbocycles. The maximum absolute atomic E-state index is 13.2. The first-order chi connectivity index (χ1) is 15.9. The number of hydrogen-bond acceptors (Lipinski definition) is 7. The molecule has 0 atom stereocenters. The van der Waals surface area contributed by atoms with E-state index in [1.54, 1.807) is 11.7 Å². The minimum Gasteiger partial charge on any atom is -0.415 e. The Labute approximate surface area is 188 Å². The second-order valence-corrected chi connectivity index (χ2v) is 9.48. The molecule has 0 amide bonds.